The van der Waals surface area contributed by atoms with Crippen molar-refractivity contribution in [3.8, 4) is 0 Å². The Morgan fingerprint density at radius 1 is 1.30 bits per heavy atom. The Bertz CT molecular complexity index is 692. The zero-order chi connectivity index (χ0) is 17.0. The summed E-state index contributed by atoms with van der Waals surface area (Å²) in [5.41, 5.74) is 0.426. The molecule has 2 N–H and O–H groups in total. The number of hydrogen-bond donors (Lipinski definition) is 2. The van der Waals surface area contributed by atoms with E-state index in [1.165, 1.54) is 17.1 Å². The van der Waals surface area contributed by atoms with Crippen LogP contribution in [0.15, 0.2) is 42.7 Å². The van der Waals surface area contributed by atoms with Crippen LogP contribution in [0.1, 0.15) is 38.7 Å². The fourth-order valence-electron chi connectivity index (χ4n) is 2.18. The molecule has 0 aliphatic heterocycles. The Morgan fingerprint density at radius 2 is 1.96 bits per heavy atom. The van der Waals surface area contributed by atoms with Gasteiger partial charge in [-0.1, -0.05) is 37.3 Å². The van der Waals surface area contributed by atoms with E-state index in [0.717, 1.165) is 5.56 Å². The number of carboxylic acid groups (broad SMARTS) is 1. The van der Waals surface area contributed by atoms with Crippen molar-refractivity contribution in [1.29, 1.82) is 0 Å². The van der Waals surface area contributed by atoms with Crippen LogP contribution in [0.25, 0.3) is 0 Å². The van der Waals surface area contributed by atoms with Gasteiger partial charge < -0.3 is 10.4 Å². The van der Waals surface area contributed by atoms with E-state index < -0.39 is 11.5 Å². The van der Waals surface area contributed by atoms with E-state index in [2.05, 4.69) is 10.4 Å². The Balaban J connectivity index is 1.99. The summed E-state index contributed by atoms with van der Waals surface area (Å²) in [6.07, 6.45) is 3.33. The van der Waals surface area contributed by atoms with Crippen molar-refractivity contribution in [2.75, 3.05) is 5.32 Å². The zero-order valence-corrected chi connectivity index (χ0v) is 13.5. The third-order valence-corrected chi connectivity index (χ3v) is 3.82. The topological polar surface area (TPSA) is 84.2 Å². The van der Waals surface area contributed by atoms with Crippen molar-refractivity contribution in [3.63, 3.8) is 0 Å². The van der Waals surface area contributed by atoms with Gasteiger partial charge in [-0.05, 0) is 25.3 Å². The van der Waals surface area contributed by atoms with Crippen LogP contribution in [-0.4, -0.2) is 26.8 Å². The largest absolute Gasteiger partial charge is 0.479 e. The van der Waals surface area contributed by atoms with Gasteiger partial charge in [0, 0.05) is 12.6 Å². The van der Waals surface area contributed by atoms with Gasteiger partial charge in [-0.25, -0.2) is 4.79 Å². The highest BCUT2D eigenvalue weighted by molar-refractivity contribution is 5.91. The second-order valence-corrected chi connectivity index (χ2v) is 6.10. The van der Waals surface area contributed by atoms with Crippen LogP contribution >= 0.6 is 0 Å². The fraction of sp³-hybridized carbons (Fsp3) is 0.353. The number of aliphatic carboxylic acids is 1. The molecule has 1 atom stereocenters. The predicted octanol–water partition coefficient (Wildman–Crippen LogP) is 2.84. The molecular weight excluding hydrogens is 294 g/mol. The molecule has 1 amide bonds. The summed E-state index contributed by atoms with van der Waals surface area (Å²) in [4.78, 5) is 23.3. The maximum atomic E-state index is 12.1. The molecule has 1 aromatic carbocycles. The quantitative estimate of drug-likeness (QED) is 0.858. The molecule has 2 rings (SSSR count). The van der Waals surface area contributed by atoms with E-state index in [-0.39, 0.29) is 11.8 Å². The van der Waals surface area contributed by atoms with Gasteiger partial charge in [-0.2, -0.15) is 5.10 Å². The van der Waals surface area contributed by atoms with E-state index in [4.69, 9.17) is 0 Å². The number of carbonyl (C=O) groups is 2. The number of anilines is 1. The average molecular weight is 315 g/mol. The number of amides is 1. The molecule has 0 bridgehead atoms. The molecule has 1 aromatic heterocycles. The van der Waals surface area contributed by atoms with Crippen molar-refractivity contribution in [2.24, 2.45) is 0 Å². The lowest BCUT2D eigenvalue weighted by atomic mass is 9.97. The first-order valence-electron chi connectivity index (χ1n) is 7.44. The van der Waals surface area contributed by atoms with Crippen molar-refractivity contribution in [3.05, 3.63) is 48.3 Å². The number of nitrogens with zero attached hydrogens (tertiary/aromatic N) is 2. The Hall–Kier alpha value is -2.63. The summed E-state index contributed by atoms with van der Waals surface area (Å²) >= 11 is 0. The van der Waals surface area contributed by atoms with Crippen molar-refractivity contribution in [1.82, 2.24) is 9.78 Å². The predicted molar refractivity (Wildman–Crippen MR) is 87.3 cm³/mol. The monoisotopic (exact) mass is 315 g/mol. The lowest BCUT2D eigenvalue weighted by Crippen LogP contribution is -2.35. The third kappa shape index (κ3) is 3.97. The van der Waals surface area contributed by atoms with Gasteiger partial charge in [0.2, 0.25) is 5.91 Å². The summed E-state index contributed by atoms with van der Waals surface area (Å²) in [7, 11) is 0. The SMILES string of the molecule is CC(CC(=O)Nc1cnn(C(C)(C)C(=O)O)c1)c1ccccc1. The van der Waals surface area contributed by atoms with E-state index in [0.29, 0.717) is 12.1 Å². The molecule has 1 unspecified atom stereocenters. The maximum absolute atomic E-state index is 12.1. The highest BCUT2D eigenvalue weighted by Crippen LogP contribution is 2.20. The Morgan fingerprint density at radius 3 is 2.57 bits per heavy atom. The first-order chi connectivity index (χ1) is 10.8. The first kappa shape index (κ1) is 16.7. The summed E-state index contributed by atoms with van der Waals surface area (Å²) < 4.78 is 1.32. The van der Waals surface area contributed by atoms with Crippen LogP contribution in [0.4, 0.5) is 5.69 Å². The second-order valence-electron chi connectivity index (χ2n) is 6.10. The van der Waals surface area contributed by atoms with Gasteiger partial charge in [0.1, 0.15) is 0 Å². The standard InChI is InChI=1S/C17H21N3O3/c1-12(13-7-5-4-6-8-13)9-15(21)19-14-10-18-20(11-14)17(2,3)16(22)23/h4-8,10-12H,9H2,1-3H3,(H,19,21)(H,22,23). The van der Waals surface area contributed by atoms with E-state index in [9.17, 15) is 14.7 Å². The van der Waals surface area contributed by atoms with Crippen LogP contribution in [0, 0.1) is 0 Å². The minimum absolute atomic E-state index is 0.0988. The molecule has 0 saturated heterocycles. The second kappa shape index (κ2) is 6.64. The smallest absolute Gasteiger partial charge is 0.331 e. The molecule has 0 aliphatic carbocycles. The number of benzene rings is 1. The number of hydrogen-bond acceptors (Lipinski definition) is 3. The van der Waals surface area contributed by atoms with Gasteiger partial charge in [-0.15, -0.1) is 0 Å². The van der Waals surface area contributed by atoms with Gasteiger partial charge in [-0.3, -0.25) is 9.48 Å². The molecule has 2 aromatic rings. The number of nitrogens with one attached hydrogen (secondary N) is 1. The molecular formula is C17H21N3O3. The molecule has 0 fully saturated rings. The van der Waals surface area contributed by atoms with E-state index in [1.54, 1.807) is 13.8 Å². The van der Waals surface area contributed by atoms with Crippen LogP contribution in [-0.2, 0) is 15.1 Å². The lowest BCUT2D eigenvalue weighted by molar-refractivity contribution is -0.146. The Labute approximate surface area is 135 Å². The molecule has 6 heteroatoms. The van der Waals surface area contributed by atoms with Crippen LogP contribution in [0.5, 0.6) is 0 Å². The number of aromatic nitrogens is 2. The van der Waals surface area contributed by atoms with Crippen molar-refractivity contribution >= 4 is 17.6 Å². The van der Waals surface area contributed by atoms with Gasteiger partial charge in [0.25, 0.3) is 0 Å². The molecule has 6 nitrogen and oxygen atoms in total. The van der Waals surface area contributed by atoms with E-state index >= 15 is 0 Å². The minimum Gasteiger partial charge on any atom is -0.479 e. The third-order valence-electron chi connectivity index (χ3n) is 3.82. The van der Waals surface area contributed by atoms with Crippen molar-refractivity contribution < 1.29 is 14.7 Å². The summed E-state index contributed by atoms with van der Waals surface area (Å²) in [6, 6.07) is 9.81. The maximum Gasteiger partial charge on any atom is 0.331 e. The molecule has 0 saturated carbocycles. The normalized spacial score (nSPS) is 12.7. The number of carbonyl (C=O) groups excluding carboxylic acids is 1. The minimum atomic E-state index is -1.17. The number of carboxylic acids is 1. The summed E-state index contributed by atoms with van der Waals surface area (Å²) in [5, 5.41) is 16.0. The first-order valence-corrected chi connectivity index (χ1v) is 7.44. The highest BCUT2D eigenvalue weighted by atomic mass is 16.4. The van der Waals surface area contributed by atoms with E-state index in [1.807, 2.05) is 37.3 Å². The molecule has 122 valence electrons. The molecule has 1 heterocycles. The van der Waals surface area contributed by atoms with Gasteiger partial charge in [0.05, 0.1) is 11.9 Å². The average Bonchev–Trinajstić information content (AvgIpc) is 2.97. The fourth-order valence-corrected chi connectivity index (χ4v) is 2.18. The van der Waals surface area contributed by atoms with Crippen molar-refractivity contribution in [2.45, 2.75) is 38.6 Å². The van der Waals surface area contributed by atoms with Gasteiger partial charge in [0.15, 0.2) is 5.54 Å². The summed E-state index contributed by atoms with van der Waals surface area (Å²) in [5.74, 6) is -1.02. The van der Waals surface area contributed by atoms with Gasteiger partial charge >= 0.3 is 5.97 Å². The van der Waals surface area contributed by atoms with Crippen LogP contribution in [0.3, 0.4) is 0 Å². The molecule has 23 heavy (non-hydrogen) atoms. The summed E-state index contributed by atoms with van der Waals surface area (Å²) in [6.45, 7) is 5.09. The van der Waals surface area contributed by atoms with Crippen LogP contribution < -0.4 is 5.32 Å². The van der Waals surface area contributed by atoms with Crippen LogP contribution in [0.2, 0.25) is 0 Å². The molecule has 0 spiro atoms. The molecule has 0 aliphatic rings. The Kier molecular flexibility index (Phi) is 4.83. The molecule has 0 radical (unpaired) electrons. The lowest BCUT2D eigenvalue weighted by Gasteiger charge is -2.19. The number of rotatable bonds is 6. The highest BCUT2D eigenvalue weighted by Gasteiger charge is 2.30. The zero-order valence-electron chi connectivity index (χ0n) is 13.5.